The number of phenolic OH excluding ortho intramolecular Hbond substituents is 1. The number of amides is 1. The van der Waals surface area contributed by atoms with Gasteiger partial charge in [0, 0.05) is 59.6 Å². The van der Waals surface area contributed by atoms with Crippen molar-refractivity contribution in [1.82, 2.24) is 9.88 Å². The average Bonchev–Trinajstić information content (AvgIpc) is 2.97. The van der Waals surface area contributed by atoms with Crippen molar-refractivity contribution < 1.29 is 19.1 Å². The number of carbonyl (C=O) groups excluding carboxylic acids is 1. The second kappa shape index (κ2) is 9.77. The molecule has 4 heterocycles. The van der Waals surface area contributed by atoms with Gasteiger partial charge in [0.15, 0.2) is 5.43 Å². The molecule has 7 heteroatoms. The summed E-state index contributed by atoms with van der Waals surface area (Å²) in [4.78, 5) is 34.0. The Morgan fingerprint density at radius 1 is 1.02 bits per heavy atom. The summed E-state index contributed by atoms with van der Waals surface area (Å²) in [6.07, 6.45) is 3.27. The molecule has 1 amide bonds. The van der Waals surface area contributed by atoms with Crippen LogP contribution in [-0.4, -0.2) is 34.0 Å². The summed E-state index contributed by atoms with van der Waals surface area (Å²) in [6, 6.07) is 18.4. The summed E-state index contributed by atoms with van der Waals surface area (Å²) in [5, 5.41) is 12.0. The van der Waals surface area contributed by atoms with E-state index < -0.39 is 5.92 Å². The molecule has 1 atom stereocenters. The topological polar surface area (TPSA) is 92.9 Å². The summed E-state index contributed by atoms with van der Waals surface area (Å²) < 4.78 is 12.8. The van der Waals surface area contributed by atoms with Gasteiger partial charge in [-0.15, -0.1) is 0 Å². The predicted molar refractivity (Wildman–Crippen MR) is 158 cm³/mol. The predicted octanol–water partition coefficient (Wildman–Crippen LogP) is 6.97. The molecule has 1 unspecified atom stereocenters. The van der Waals surface area contributed by atoms with E-state index in [0.29, 0.717) is 23.0 Å². The number of aromatic hydroxyl groups is 1. The fraction of sp³-hybridized carbons (Fsp3) is 0.265. The van der Waals surface area contributed by atoms with Crippen LogP contribution in [0, 0.1) is 13.8 Å². The van der Waals surface area contributed by atoms with E-state index in [1.165, 1.54) is 12.1 Å². The number of carbonyl (C=O) groups is 1. The number of rotatable bonds is 3. The van der Waals surface area contributed by atoms with Crippen molar-refractivity contribution in [2.24, 2.45) is 0 Å². The molecule has 0 spiro atoms. The molecule has 7 nitrogen and oxygen atoms in total. The molecule has 0 saturated carbocycles. The molecule has 2 aliphatic heterocycles. The fourth-order valence-electron chi connectivity index (χ4n) is 6.37. The first-order valence-electron chi connectivity index (χ1n) is 14.1. The number of benzene rings is 3. The third-order valence-electron chi connectivity index (χ3n) is 8.30. The van der Waals surface area contributed by atoms with Crippen molar-refractivity contribution in [3.8, 4) is 28.7 Å². The van der Waals surface area contributed by atoms with Crippen LogP contribution in [0.25, 0.3) is 33.2 Å². The maximum atomic E-state index is 13.7. The number of fused-ring (bicyclic) bond motifs is 5. The number of pyridine rings is 1. The molecule has 5 aromatic rings. The lowest BCUT2D eigenvalue weighted by Gasteiger charge is -2.32. The quantitative estimate of drug-likeness (QED) is 0.263. The number of ether oxygens (including phenoxy) is 1. The minimum Gasteiger partial charge on any atom is -0.507 e. The zero-order chi connectivity index (χ0) is 28.2. The molecule has 0 bridgehead atoms. The maximum absolute atomic E-state index is 13.7. The van der Waals surface area contributed by atoms with Gasteiger partial charge in [0.2, 0.25) is 11.8 Å². The van der Waals surface area contributed by atoms with Crippen molar-refractivity contribution in [2.45, 2.75) is 45.4 Å². The van der Waals surface area contributed by atoms with Gasteiger partial charge >= 0.3 is 0 Å². The Hall–Kier alpha value is -4.65. The first kappa shape index (κ1) is 25.3. The van der Waals surface area contributed by atoms with Gasteiger partial charge in [0.1, 0.15) is 28.2 Å². The Bertz CT molecular complexity index is 1910. The van der Waals surface area contributed by atoms with E-state index in [-0.39, 0.29) is 34.5 Å². The smallest absolute Gasteiger partial charge is 0.223 e. The van der Waals surface area contributed by atoms with Crippen LogP contribution in [0.3, 0.4) is 0 Å². The molecule has 7 rings (SSSR count). The lowest BCUT2D eigenvalue weighted by Crippen LogP contribution is -2.36. The van der Waals surface area contributed by atoms with Gasteiger partial charge in [0.25, 0.3) is 0 Å². The SMILES string of the molecule is Cc1cc(C)c2nc3c(cc2c1)C(CC(=O)N1CCCCC1)c1c(cc(O)c2c(=O)cc(-c4ccccc4)oc12)O3. The lowest BCUT2D eigenvalue weighted by atomic mass is 9.84. The van der Waals surface area contributed by atoms with E-state index in [0.717, 1.165) is 65.5 Å². The number of hydrogen-bond donors (Lipinski definition) is 1. The summed E-state index contributed by atoms with van der Waals surface area (Å²) in [6.45, 7) is 5.53. The second-order valence-corrected chi connectivity index (χ2v) is 11.2. The van der Waals surface area contributed by atoms with Gasteiger partial charge in [-0.1, -0.05) is 42.0 Å². The summed E-state index contributed by atoms with van der Waals surface area (Å²) in [7, 11) is 0. The molecule has 1 saturated heterocycles. The summed E-state index contributed by atoms with van der Waals surface area (Å²) in [5.41, 5.74) is 4.91. The van der Waals surface area contributed by atoms with E-state index in [4.69, 9.17) is 14.1 Å². The fourth-order valence-corrected chi connectivity index (χ4v) is 6.37. The molecule has 0 radical (unpaired) electrons. The van der Waals surface area contributed by atoms with Crippen molar-refractivity contribution in [3.63, 3.8) is 0 Å². The Morgan fingerprint density at radius 3 is 2.59 bits per heavy atom. The monoisotopic (exact) mass is 546 g/mol. The number of piperidine rings is 1. The van der Waals surface area contributed by atoms with Gasteiger partial charge < -0.3 is 19.2 Å². The van der Waals surface area contributed by atoms with Gasteiger partial charge in [-0.3, -0.25) is 9.59 Å². The third-order valence-corrected chi connectivity index (χ3v) is 8.30. The van der Waals surface area contributed by atoms with Crippen LogP contribution in [0.15, 0.2) is 69.9 Å². The number of phenols is 1. The molecule has 206 valence electrons. The summed E-state index contributed by atoms with van der Waals surface area (Å²) in [5.74, 6) is 0.433. The largest absolute Gasteiger partial charge is 0.507 e. The Labute approximate surface area is 237 Å². The van der Waals surface area contributed by atoms with Crippen molar-refractivity contribution in [3.05, 3.63) is 93.1 Å². The highest BCUT2D eigenvalue weighted by Crippen LogP contribution is 2.51. The molecular formula is C34H30N2O5. The number of likely N-dealkylation sites (tertiary alicyclic amines) is 1. The molecular weight excluding hydrogens is 516 g/mol. The average molecular weight is 547 g/mol. The zero-order valence-electron chi connectivity index (χ0n) is 23.1. The van der Waals surface area contributed by atoms with E-state index >= 15 is 0 Å². The first-order valence-corrected chi connectivity index (χ1v) is 14.1. The normalized spacial score (nSPS) is 16.3. The Kier molecular flexibility index (Phi) is 6.03. The van der Waals surface area contributed by atoms with Crippen molar-refractivity contribution in [1.29, 1.82) is 0 Å². The highest BCUT2D eigenvalue weighted by atomic mass is 16.5. The van der Waals surface area contributed by atoms with Crippen LogP contribution < -0.4 is 10.2 Å². The minimum absolute atomic E-state index is 0.0387. The highest BCUT2D eigenvalue weighted by molar-refractivity contribution is 5.93. The van der Waals surface area contributed by atoms with Crippen LogP contribution in [0.2, 0.25) is 0 Å². The number of aromatic nitrogens is 1. The van der Waals surface area contributed by atoms with Gasteiger partial charge in [0.05, 0.1) is 5.52 Å². The van der Waals surface area contributed by atoms with Gasteiger partial charge in [-0.05, 0) is 50.8 Å². The lowest BCUT2D eigenvalue weighted by molar-refractivity contribution is -0.132. The first-order chi connectivity index (χ1) is 19.9. The van der Waals surface area contributed by atoms with E-state index in [1.54, 1.807) is 0 Å². The molecule has 1 N–H and O–H groups in total. The molecule has 0 aliphatic carbocycles. The van der Waals surface area contributed by atoms with Crippen LogP contribution in [-0.2, 0) is 4.79 Å². The molecule has 1 fully saturated rings. The van der Waals surface area contributed by atoms with Crippen LogP contribution in [0.5, 0.6) is 17.4 Å². The molecule has 3 aromatic carbocycles. The van der Waals surface area contributed by atoms with E-state index in [1.807, 2.05) is 55.1 Å². The van der Waals surface area contributed by atoms with Crippen LogP contribution >= 0.6 is 0 Å². The molecule has 41 heavy (non-hydrogen) atoms. The molecule has 2 aromatic heterocycles. The maximum Gasteiger partial charge on any atom is 0.223 e. The van der Waals surface area contributed by atoms with Crippen molar-refractivity contribution in [2.75, 3.05) is 13.1 Å². The van der Waals surface area contributed by atoms with Gasteiger partial charge in [-0.25, -0.2) is 4.98 Å². The number of aryl methyl sites for hydroxylation is 2. The number of nitrogens with zero attached hydrogens (tertiary/aromatic N) is 2. The Morgan fingerprint density at radius 2 is 1.80 bits per heavy atom. The van der Waals surface area contributed by atoms with Crippen LogP contribution in [0.4, 0.5) is 0 Å². The standard InChI is InChI=1S/C34H30N2O5/c1-19-13-20(2)32-22(14-19)15-24-23(16-29(39)36-11-7-4-8-12-36)30-28(41-34(24)35-32)18-26(38)31-25(37)17-27(40-33(30)31)21-9-5-3-6-10-21/h3,5-6,9-10,13-15,17-18,23,38H,4,7-8,11-12,16H2,1-2H3. The third kappa shape index (κ3) is 4.32. The zero-order valence-corrected chi connectivity index (χ0v) is 23.1. The van der Waals surface area contributed by atoms with Crippen LogP contribution in [0.1, 0.15) is 53.9 Å². The second-order valence-electron chi connectivity index (χ2n) is 11.2. The summed E-state index contributed by atoms with van der Waals surface area (Å²) >= 11 is 0. The van der Waals surface area contributed by atoms with Crippen molar-refractivity contribution >= 4 is 27.8 Å². The Balaban J connectivity index is 1.48. The highest BCUT2D eigenvalue weighted by Gasteiger charge is 2.36. The molecule has 2 aliphatic rings. The van der Waals surface area contributed by atoms with E-state index in [9.17, 15) is 14.7 Å². The number of hydrogen-bond acceptors (Lipinski definition) is 6. The van der Waals surface area contributed by atoms with Gasteiger partial charge in [-0.2, -0.15) is 0 Å². The minimum atomic E-state index is -0.488. The van der Waals surface area contributed by atoms with E-state index in [2.05, 4.69) is 12.1 Å².